The van der Waals surface area contributed by atoms with E-state index in [4.69, 9.17) is 10.00 Å². The second-order valence-corrected chi connectivity index (χ2v) is 4.75. The van der Waals surface area contributed by atoms with E-state index in [0.29, 0.717) is 11.3 Å². The first-order valence-corrected chi connectivity index (χ1v) is 7.17. The van der Waals surface area contributed by atoms with Gasteiger partial charge in [-0.2, -0.15) is 5.26 Å². The first-order chi connectivity index (χ1) is 9.69. The molecule has 20 heavy (non-hydrogen) atoms. The predicted molar refractivity (Wildman–Crippen MR) is 79.5 cm³/mol. The van der Waals surface area contributed by atoms with E-state index in [-0.39, 0.29) is 6.10 Å². The van der Waals surface area contributed by atoms with Crippen LogP contribution < -0.4 is 5.32 Å². The van der Waals surface area contributed by atoms with Crippen LogP contribution in [0.2, 0.25) is 0 Å². The van der Waals surface area contributed by atoms with Crippen molar-refractivity contribution in [1.82, 2.24) is 0 Å². The molecule has 1 aromatic rings. The largest absolute Gasteiger partial charge is 0.446 e. The third kappa shape index (κ3) is 5.75. The van der Waals surface area contributed by atoms with Crippen molar-refractivity contribution in [2.24, 2.45) is 0 Å². The van der Waals surface area contributed by atoms with Crippen molar-refractivity contribution in [3.05, 3.63) is 29.8 Å². The standard InChI is InChI=1S/C16H22N2O2/c1-3-5-6-10-15(4-2)20-16(19)18-14-9-7-8-13(11-14)12-17/h7-9,11,15H,3-6,10H2,1-2H3,(H,18,19). The summed E-state index contributed by atoms with van der Waals surface area (Å²) in [5.74, 6) is 0. The summed E-state index contributed by atoms with van der Waals surface area (Å²) in [6, 6.07) is 8.81. The highest BCUT2D eigenvalue weighted by Gasteiger charge is 2.12. The van der Waals surface area contributed by atoms with Gasteiger partial charge in [-0.15, -0.1) is 0 Å². The van der Waals surface area contributed by atoms with Crippen molar-refractivity contribution in [2.75, 3.05) is 5.32 Å². The van der Waals surface area contributed by atoms with Crippen LogP contribution in [0.25, 0.3) is 0 Å². The number of ether oxygens (including phenoxy) is 1. The van der Waals surface area contributed by atoms with E-state index in [9.17, 15) is 4.79 Å². The van der Waals surface area contributed by atoms with E-state index in [1.807, 2.05) is 13.0 Å². The summed E-state index contributed by atoms with van der Waals surface area (Å²) in [7, 11) is 0. The number of nitrogens with one attached hydrogen (secondary N) is 1. The van der Waals surface area contributed by atoms with Gasteiger partial charge in [0.1, 0.15) is 6.10 Å². The van der Waals surface area contributed by atoms with Gasteiger partial charge in [0.05, 0.1) is 11.6 Å². The fourth-order valence-electron chi connectivity index (χ4n) is 1.93. The van der Waals surface area contributed by atoms with Gasteiger partial charge in [-0.05, 0) is 37.5 Å². The molecule has 0 bridgehead atoms. The molecule has 0 aliphatic carbocycles. The van der Waals surface area contributed by atoms with E-state index >= 15 is 0 Å². The Morgan fingerprint density at radius 3 is 2.85 bits per heavy atom. The average molecular weight is 274 g/mol. The lowest BCUT2D eigenvalue weighted by Crippen LogP contribution is -2.22. The maximum absolute atomic E-state index is 11.8. The Hall–Kier alpha value is -2.02. The van der Waals surface area contributed by atoms with Crippen molar-refractivity contribution in [3.8, 4) is 6.07 Å². The molecule has 1 amide bonds. The molecule has 4 heteroatoms. The Bertz CT molecular complexity index is 466. The molecular weight excluding hydrogens is 252 g/mol. The van der Waals surface area contributed by atoms with Crippen molar-refractivity contribution < 1.29 is 9.53 Å². The lowest BCUT2D eigenvalue weighted by molar-refractivity contribution is 0.101. The second-order valence-electron chi connectivity index (χ2n) is 4.75. The molecule has 108 valence electrons. The van der Waals surface area contributed by atoms with Gasteiger partial charge in [-0.25, -0.2) is 4.79 Å². The molecule has 1 N–H and O–H groups in total. The number of hydrogen-bond acceptors (Lipinski definition) is 3. The molecule has 0 fully saturated rings. The number of unbranched alkanes of at least 4 members (excludes halogenated alkanes) is 2. The molecule has 0 aromatic heterocycles. The van der Waals surface area contributed by atoms with Gasteiger partial charge in [0.15, 0.2) is 0 Å². The number of nitrogens with zero attached hydrogens (tertiary/aromatic N) is 1. The third-order valence-electron chi connectivity index (χ3n) is 3.10. The van der Waals surface area contributed by atoms with E-state index in [1.165, 1.54) is 0 Å². The Morgan fingerprint density at radius 2 is 2.20 bits per heavy atom. The van der Waals surface area contributed by atoms with Crippen LogP contribution in [0.4, 0.5) is 10.5 Å². The molecule has 0 radical (unpaired) electrons. The molecule has 0 spiro atoms. The lowest BCUT2D eigenvalue weighted by Gasteiger charge is -2.16. The van der Waals surface area contributed by atoms with Crippen molar-refractivity contribution >= 4 is 11.8 Å². The van der Waals surface area contributed by atoms with Crippen LogP contribution in [0, 0.1) is 11.3 Å². The molecule has 0 saturated carbocycles. The highest BCUT2D eigenvalue weighted by Crippen LogP contribution is 2.13. The van der Waals surface area contributed by atoms with E-state index in [1.54, 1.807) is 24.3 Å². The molecule has 0 heterocycles. The van der Waals surface area contributed by atoms with Gasteiger partial charge in [-0.3, -0.25) is 5.32 Å². The maximum Gasteiger partial charge on any atom is 0.411 e. The number of carbonyl (C=O) groups excluding carboxylic acids is 1. The number of carbonyl (C=O) groups is 1. The van der Waals surface area contributed by atoms with Gasteiger partial charge in [0, 0.05) is 5.69 Å². The second kappa shape index (κ2) is 8.98. The summed E-state index contributed by atoms with van der Waals surface area (Å²) in [6.07, 6.45) is 4.61. The average Bonchev–Trinajstić information content (AvgIpc) is 2.46. The monoisotopic (exact) mass is 274 g/mol. The number of benzene rings is 1. The highest BCUT2D eigenvalue weighted by atomic mass is 16.6. The minimum atomic E-state index is -0.455. The summed E-state index contributed by atoms with van der Waals surface area (Å²) in [5, 5.41) is 11.5. The zero-order valence-electron chi connectivity index (χ0n) is 12.2. The summed E-state index contributed by atoms with van der Waals surface area (Å²) < 4.78 is 5.39. The van der Waals surface area contributed by atoms with Crippen molar-refractivity contribution in [3.63, 3.8) is 0 Å². The molecule has 1 rings (SSSR count). The Kier molecular flexibility index (Phi) is 7.20. The number of nitriles is 1. The van der Waals surface area contributed by atoms with Gasteiger partial charge in [0.2, 0.25) is 0 Å². The maximum atomic E-state index is 11.8. The third-order valence-corrected chi connectivity index (χ3v) is 3.10. The smallest absolute Gasteiger partial charge is 0.411 e. The molecule has 0 aliphatic heterocycles. The zero-order chi connectivity index (χ0) is 14.8. The Labute approximate surface area is 120 Å². The summed E-state index contributed by atoms with van der Waals surface area (Å²) in [4.78, 5) is 11.8. The molecule has 0 saturated heterocycles. The first-order valence-electron chi connectivity index (χ1n) is 7.17. The quantitative estimate of drug-likeness (QED) is 0.746. The topological polar surface area (TPSA) is 62.1 Å². The molecule has 1 atom stereocenters. The van der Waals surface area contributed by atoms with Crippen molar-refractivity contribution in [2.45, 2.75) is 52.1 Å². The number of rotatable bonds is 7. The van der Waals surface area contributed by atoms with Crippen LogP contribution in [-0.2, 0) is 4.74 Å². The summed E-state index contributed by atoms with van der Waals surface area (Å²) in [5.41, 5.74) is 1.09. The fourth-order valence-corrected chi connectivity index (χ4v) is 1.93. The minimum Gasteiger partial charge on any atom is -0.446 e. The zero-order valence-corrected chi connectivity index (χ0v) is 12.2. The molecule has 0 aliphatic rings. The van der Waals surface area contributed by atoms with Gasteiger partial charge in [-0.1, -0.05) is 32.8 Å². The molecule has 4 nitrogen and oxygen atoms in total. The molecular formula is C16H22N2O2. The van der Waals surface area contributed by atoms with Gasteiger partial charge in [0.25, 0.3) is 0 Å². The van der Waals surface area contributed by atoms with Crippen LogP contribution in [0.1, 0.15) is 51.5 Å². The van der Waals surface area contributed by atoms with E-state index < -0.39 is 6.09 Å². The molecule has 1 aromatic carbocycles. The van der Waals surface area contributed by atoms with E-state index in [0.717, 1.165) is 32.1 Å². The number of anilines is 1. The van der Waals surface area contributed by atoms with Crippen LogP contribution in [0.15, 0.2) is 24.3 Å². The SMILES string of the molecule is CCCCCC(CC)OC(=O)Nc1cccc(C#N)c1. The Morgan fingerprint density at radius 1 is 1.40 bits per heavy atom. The van der Waals surface area contributed by atoms with Crippen molar-refractivity contribution in [1.29, 1.82) is 5.26 Å². The van der Waals surface area contributed by atoms with Crippen LogP contribution in [0.3, 0.4) is 0 Å². The Balaban J connectivity index is 2.46. The van der Waals surface area contributed by atoms with Crippen LogP contribution in [0.5, 0.6) is 0 Å². The lowest BCUT2D eigenvalue weighted by atomic mass is 10.1. The number of hydrogen-bond donors (Lipinski definition) is 1. The minimum absolute atomic E-state index is 0.0410. The highest BCUT2D eigenvalue weighted by molar-refractivity contribution is 5.84. The van der Waals surface area contributed by atoms with Gasteiger partial charge < -0.3 is 4.74 Å². The summed E-state index contributed by atoms with van der Waals surface area (Å²) >= 11 is 0. The van der Waals surface area contributed by atoms with E-state index in [2.05, 4.69) is 12.2 Å². The fraction of sp³-hybridized carbons (Fsp3) is 0.500. The van der Waals surface area contributed by atoms with Crippen LogP contribution in [-0.4, -0.2) is 12.2 Å². The van der Waals surface area contributed by atoms with Crippen LogP contribution >= 0.6 is 0 Å². The summed E-state index contributed by atoms with van der Waals surface area (Å²) in [6.45, 7) is 4.16. The first kappa shape index (κ1) is 16.0. The number of amides is 1. The normalized spacial score (nSPS) is 11.4. The van der Waals surface area contributed by atoms with Gasteiger partial charge >= 0.3 is 6.09 Å². The predicted octanol–water partition coefficient (Wildman–Crippen LogP) is 4.47. The molecule has 1 unspecified atom stereocenters.